The lowest BCUT2D eigenvalue weighted by molar-refractivity contribution is 0.0468. The number of hydrogen-bond donors (Lipinski definition) is 0. The summed E-state index contributed by atoms with van der Waals surface area (Å²) in [4.78, 5) is 16.3. The molecule has 104 valence electrons. The zero-order chi connectivity index (χ0) is 13.9. The maximum atomic E-state index is 12.0. The Hall–Kier alpha value is -2.08. The van der Waals surface area contributed by atoms with Gasteiger partial charge >= 0.3 is 5.97 Å². The summed E-state index contributed by atoms with van der Waals surface area (Å²) in [6, 6.07) is 4.99. The summed E-state index contributed by atoms with van der Waals surface area (Å²) in [6.07, 6.45) is 0.890. The molecule has 0 radical (unpaired) electrons. The molecule has 20 heavy (non-hydrogen) atoms. The van der Waals surface area contributed by atoms with Gasteiger partial charge in [0.05, 0.1) is 16.3 Å². The van der Waals surface area contributed by atoms with E-state index in [2.05, 4.69) is 4.98 Å². The Bertz CT molecular complexity index is 638. The highest BCUT2D eigenvalue weighted by atomic mass is 32.1. The number of benzene rings is 1. The van der Waals surface area contributed by atoms with Gasteiger partial charge in [0, 0.05) is 5.38 Å². The van der Waals surface area contributed by atoms with Crippen molar-refractivity contribution in [1.82, 2.24) is 4.98 Å². The van der Waals surface area contributed by atoms with Gasteiger partial charge in [-0.05, 0) is 24.6 Å². The van der Waals surface area contributed by atoms with Gasteiger partial charge in [-0.25, -0.2) is 9.78 Å². The van der Waals surface area contributed by atoms with Crippen LogP contribution in [0.4, 0.5) is 0 Å². The Balaban J connectivity index is 1.64. The van der Waals surface area contributed by atoms with Gasteiger partial charge in [0.15, 0.2) is 11.5 Å². The van der Waals surface area contributed by atoms with Gasteiger partial charge in [0.25, 0.3) is 0 Å². The molecule has 0 N–H and O–H groups in total. The molecular weight excluding hydrogens is 278 g/mol. The molecule has 0 aliphatic carbocycles. The first-order valence-electron chi connectivity index (χ1n) is 6.26. The fourth-order valence-electron chi connectivity index (χ4n) is 1.82. The highest BCUT2D eigenvalue weighted by molar-refractivity contribution is 7.09. The van der Waals surface area contributed by atoms with Gasteiger partial charge < -0.3 is 14.2 Å². The van der Waals surface area contributed by atoms with Gasteiger partial charge in [0.1, 0.15) is 6.61 Å². The molecule has 0 bridgehead atoms. The average molecular weight is 291 g/mol. The monoisotopic (exact) mass is 291 g/mol. The van der Waals surface area contributed by atoms with Crippen LogP contribution in [0.3, 0.4) is 0 Å². The van der Waals surface area contributed by atoms with Crippen LogP contribution in [0.5, 0.6) is 11.5 Å². The first kappa shape index (κ1) is 12.9. The minimum atomic E-state index is -0.394. The van der Waals surface area contributed by atoms with Crippen LogP contribution in [0.15, 0.2) is 23.6 Å². The predicted octanol–water partition coefficient (Wildman–Crippen LogP) is 2.79. The molecule has 1 aromatic heterocycles. The number of nitrogens with zero attached hydrogens (tertiary/aromatic N) is 1. The number of esters is 1. The van der Waals surface area contributed by atoms with E-state index in [1.54, 1.807) is 29.5 Å². The molecule has 0 fully saturated rings. The second kappa shape index (κ2) is 5.50. The lowest BCUT2D eigenvalue weighted by Crippen LogP contribution is -2.05. The molecule has 1 aromatic carbocycles. The first-order chi connectivity index (χ1) is 9.76. The molecule has 2 aromatic rings. The number of ether oxygens (including phenoxy) is 3. The van der Waals surface area contributed by atoms with E-state index in [4.69, 9.17) is 14.2 Å². The fourth-order valence-corrected chi connectivity index (χ4v) is 2.55. The number of carbonyl (C=O) groups is 1. The Morgan fingerprint density at radius 1 is 1.40 bits per heavy atom. The molecule has 1 aliphatic heterocycles. The van der Waals surface area contributed by atoms with Gasteiger partial charge in [-0.1, -0.05) is 6.92 Å². The second-order valence-corrected chi connectivity index (χ2v) is 5.17. The topological polar surface area (TPSA) is 57.7 Å². The number of carbonyl (C=O) groups excluding carboxylic acids is 1. The van der Waals surface area contributed by atoms with E-state index in [-0.39, 0.29) is 13.4 Å². The van der Waals surface area contributed by atoms with E-state index in [1.807, 2.05) is 12.3 Å². The van der Waals surface area contributed by atoms with Crippen molar-refractivity contribution in [2.75, 3.05) is 6.79 Å². The van der Waals surface area contributed by atoms with E-state index >= 15 is 0 Å². The fraction of sp³-hybridized carbons (Fsp3) is 0.286. The standard InChI is InChI=1S/C14H13NO4S/c1-2-13-15-10(7-20-13)6-17-14(16)9-3-4-11-12(5-9)19-8-18-11/h3-5,7H,2,6,8H2,1H3. The Kier molecular flexibility index (Phi) is 3.56. The van der Waals surface area contributed by atoms with Crippen molar-refractivity contribution in [1.29, 1.82) is 0 Å². The van der Waals surface area contributed by atoms with Crippen molar-refractivity contribution < 1.29 is 19.0 Å². The van der Waals surface area contributed by atoms with Gasteiger partial charge in [0.2, 0.25) is 6.79 Å². The Morgan fingerprint density at radius 3 is 3.05 bits per heavy atom. The minimum absolute atomic E-state index is 0.184. The zero-order valence-corrected chi connectivity index (χ0v) is 11.7. The summed E-state index contributed by atoms with van der Waals surface area (Å²) in [5.74, 6) is 0.823. The summed E-state index contributed by atoms with van der Waals surface area (Å²) in [7, 11) is 0. The first-order valence-corrected chi connectivity index (χ1v) is 7.14. The van der Waals surface area contributed by atoms with E-state index in [1.165, 1.54) is 0 Å². The largest absolute Gasteiger partial charge is 0.456 e. The molecule has 0 amide bonds. The molecule has 5 nitrogen and oxygen atoms in total. The zero-order valence-electron chi connectivity index (χ0n) is 10.9. The van der Waals surface area contributed by atoms with Crippen molar-refractivity contribution in [3.63, 3.8) is 0 Å². The molecule has 0 saturated carbocycles. The van der Waals surface area contributed by atoms with Crippen molar-refractivity contribution in [2.45, 2.75) is 20.0 Å². The molecule has 6 heteroatoms. The van der Waals surface area contributed by atoms with Crippen LogP contribution >= 0.6 is 11.3 Å². The maximum Gasteiger partial charge on any atom is 0.338 e. The Morgan fingerprint density at radius 2 is 2.25 bits per heavy atom. The van der Waals surface area contributed by atoms with Crippen LogP contribution < -0.4 is 9.47 Å². The van der Waals surface area contributed by atoms with Crippen LogP contribution in [0.25, 0.3) is 0 Å². The van der Waals surface area contributed by atoms with Crippen LogP contribution in [-0.4, -0.2) is 17.7 Å². The summed E-state index contributed by atoms with van der Waals surface area (Å²) in [5, 5.41) is 2.95. The molecule has 2 heterocycles. The lowest BCUT2D eigenvalue weighted by atomic mass is 10.2. The molecule has 0 unspecified atom stereocenters. The molecule has 1 aliphatic rings. The third-order valence-corrected chi connectivity index (χ3v) is 3.90. The van der Waals surface area contributed by atoms with E-state index < -0.39 is 5.97 Å². The van der Waals surface area contributed by atoms with Gasteiger partial charge in [-0.15, -0.1) is 11.3 Å². The smallest absolute Gasteiger partial charge is 0.338 e. The number of hydrogen-bond acceptors (Lipinski definition) is 6. The Labute approximate surface area is 120 Å². The molecule has 0 saturated heterocycles. The van der Waals surface area contributed by atoms with Crippen molar-refractivity contribution in [3.05, 3.63) is 39.8 Å². The highest BCUT2D eigenvalue weighted by Crippen LogP contribution is 2.32. The third kappa shape index (κ3) is 2.60. The second-order valence-electron chi connectivity index (χ2n) is 4.23. The van der Waals surface area contributed by atoms with Crippen LogP contribution in [0, 0.1) is 0 Å². The molecule has 0 spiro atoms. The summed E-state index contributed by atoms with van der Waals surface area (Å²) >= 11 is 1.57. The van der Waals surface area contributed by atoms with Crippen molar-refractivity contribution in [3.8, 4) is 11.5 Å². The maximum absolute atomic E-state index is 12.0. The van der Waals surface area contributed by atoms with Crippen molar-refractivity contribution >= 4 is 17.3 Å². The molecule has 3 rings (SSSR count). The minimum Gasteiger partial charge on any atom is -0.456 e. The van der Waals surface area contributed by atoms with Gasteiger partial charge in [-0.3, -0.25) is 0 Å². The number of aromatic nitrogens is 1. The van der Waals surface area contributed by atoms with E-state index in [0.717, 1.165) is 17.1 Å². The van der Waals surface area contributed by atoms with Crippen molar-refractivity contribution in [2.24, 2.45) is 0 Å². The number of fused-ring (bicyclic) bond motifs is 1. The highest BCUT2D eigenvalue weighted by Gasteiger charge is 2.17. The number of thiazole rings is 1. The van der Waals surface area contributed by atoms with Crippen LogP contribution in [0.1, 0.15) is 28.0 Å². The quantitative estimate of drug-likeness (QED) is 0.811. The summed E-state index contributed by atoms with van der Waals surface area (Å²) in [5.41, 5.74) is 1.22. The van der Waals surface area contributed by atoms with E-state index in [0.29, 0.717) is 17.1 Å². The van der Waals surface area contributed by atoms with Crippen LogP contribution in [-0.2, 0) is 17.8 Å². The number of aryl methyl sites for hydroxylation is 1. The number of rotatable bonds is 4. The predicted molar refractivity (Wildman–Crippen MR) is 73.2 cm³/mol. The lowest BCUT2D eigenvalue weighted by Gasteiger charge is -2.04. The third-order valence-electron chi connectivity index (χ3n) is 2.86. The summed E-state index contributed by atoms with van der Waals surface area (Å²) in [6.45, 7) is 2.41. The summed E-state index contributed by atoms with van der Waals surface area (Å²) < 4.78 is 15.7. The van der Waals surface area contributed by atoms with Gasteiger partial charge in [-0.2, -0.15) is 0 Å². The molecule has 0 atom stereocenters. The SMILES string of the molecule is CCc1nc(COC(=O)c2ccc3c(c2)OCO3)cs1. The van der Waals surface area contributed by atoms with E-state index in [9.17, 15) is 4.79 Å². The average Bonchev–Trinajstić information content (AvgIpc) is 3.12. The molecular formula is C14H13NO4S. The normalized spacial score (nSPS) is 12.4. The van der Waals surface area contributed by atoms with Crippen LogP contribution in [0.2, 0.25) is 0 Å².